The summed E-state index contributed by atoms with van der Waals surface area (Å²) in [6.45, 7) is 5.62. The largest absolute Gasteiger partial charge is 0.460 e. The van der Waals surface area contributed by atoms with Gasteiger partial charge < -0.3 is 10.1 Å². The van der Waals surface area contributed by atoms with Crippen LogP contribution in [0.25, 0.3) is 17.1 Å². The third-order valence-corrected chi connectivity index (χ3v) is 4.56. The van der Waals surface area contributed by atoms with Gasteiger partial charge in [0.05, 0.1) is 21.8 Å². The topological polar surface area (TPSA) is 69.0 Å². The fourth-order valence-electron chi connectivity index (χ4n) is 2.49. The summed E-state index contributed by atoms with van der Waals surface area (Å²) >= 11 is 12.2. The first kappa shape index (κ1) is 20.2. The van der Waals surface area contributed by atoms with E-state index in [2.05, 4.69) is 15.4 Å². The first-order chi connectivity index (χ1) is 13.4. The predicted molar refractivity (Wildman–Crippen MR) is 111 cm³/mol. The van der Waals surface area contributed by atoms with E-state index in [0.29, 0.717) is 28.0 Å². The fourth-order valence-corrected chi connectivity index (χ4v) is 2.79. The molecule has 0 atom stereocenters. The summed E-state index contributed by atoms with van der Waals surface area (Å²) in [5, 5.41) is 8.19. The molecule has 1 N–H and O–H groups in total. The maximum atomic E-state index is 11.6. The lowest BCUT2D eigenvalue weighted by molar-refractivity contribution is -0.115. The van der Waals surface area contributed by atoms with Gasteiger partial charge in [-0.15, -0.1) is 5.10 Å². The third kappa shape index (κ3) is 4.64. The second kappa shape index (κ2) is 8.63. The van der Waals surface area contributed by atoms with Crippen molar-refractivity contribution in [1.82, 2.24) is 14.8 Å². The summed E-state index contributed by atoms with van der Waals surface area (Å²) in [6.07, 6.45) is 0.353. The molecule has 146 valence electrons. The number of hydrogen-bond donors (Lipinski definition) is 1. The molecule has 3 aromatic rings. The number of hydrogen-bond acceptors (Lipinski definition) is 4. The summed E-state index contributed by atoms with van der Waals surface area (Å²) < 4.78 is 7.33. The maximum absolute atomic E-state index is 11.6. The summed E-state index contributed by atoms with van der Waals surface area (Å²) in [4.78, 5) is 16.1. The van der Waals surface area contributed by atoms with E-state index < -0.39 is 0 Å². The zero-order chi connectivity index (χ0) is 20.3. The van der Waals surface area contributed by atoms with Gasteiger partial charge >= 0.3 is 6.01 Å². The molecule has 0 aliphatic heterocycles. The Morgan fingerprint density at radius 3 is 2.46 bits per heavy atom. The number of nitrogens with one attached hydrogen (secondary N) is 1. The van der Waals surface area contributed by atoms with Crippen molar-refractivity contribution in [3.05, 3.63) is 52.5 Å². The number of benzene rings is 2. The van der Waals surface area contributed by atoms with E-state index in [1.54, 1.807) is 23.7 Å². The van der Waals surface area contributed by atoms with Gasteiger partial charge in [0.1, 0.15) is 0 Å². The van der Waals surface area contributed by atoms with Crippen molar-refractivity contribution in [1.29, 1.82) is 0 Å². The second-order valence-electron chi connectivity index (χ2n) is 6.37. The minimum atomic E-state index is -0.0656. The van der Waals surface area contributed by atoms with Crippen LogP contribution in [0, 0.1) is 0 Å². The molecule has 1 heterocycles. The van der Waals surface area contributed by atoms with Crippen LogP contribution in [0.15, 0.2) is 42.5 Å². The van der Waals surface area contributed by atoms with Gasteiger partial charge in [0.15, 0.2) is 5.82 Å². The van der Waals surface area contributed by atoms with E-state index in [1.165, 1.54) is 0 Å². The minimum absolute atomic E-state index is 0.0439. The number of nitrogens with zero attached hydrogens (tertiary/aromatic N) is 3. The second-order valence-corrected chi connectivity index (χ2v) is 7.19. The number of ether oxygens (including phenoxy) is 1. The lowest BCUT2D eigenvalue weighted by Crippen LogP contribution is -2.09. The molecular formula is C20H20Cl2N4O2. The van der Waals surface area contributed by atoms with Crippen LogP contribution in [0.3, 0.4) is 0 Å². The minimum Gasteiger partial charge on any atom is -0.460 e. The van der Waals surface area contributed by atoms with E-state index >= 15 is 0 Å². The van der Waals surface area contributed by atoms with Gasteiger partial charge in [-0.3, -0.25) is 4.79 Å². The molecule has 3 rings (SSSR count). The van der Waals surface area contributed by atoms with Crippen LogP contribution in [-0.4, -0.2) is 26.8 Å². The van der Waals surface area contributed by atoms with Gasteiger partial charge in [0, 0.05) is 17.7 Å². The molecule has 8 heteroatoms. The van der Waals surface area contributed by atoms with Gasteiger partial charge in [-0.05, 0) is 56.3 Å². The smallest absolute Gasteiger partial charge is 0.336 e. The van der Waals surface area contributed by atoms with Crippen molar-refractivity contribution in [3.8, 4) is 23.1 Å². The number of rotatable bonds is 6. The highest BCUT2D eigenvalue weighted by Gasteiger charge is 2.16. The van der Waals surface area contributed by atoms with Crippen molar-refractivity contribution >= 4 is 34.8 Å². The fraction of sp³-hybridized carbons (Fsp3) is 0.250. The Bertz CT molecular complexity index is 984. The van der Waals surface area contributed by atoms with E-state index in [1.807, 2.05) is 44.2 Å². The summed E-state index contributed by atoms with van der Waals surface area (Å²) in [5.41, 5.74) is 2.23. The van der Waals surface area contributed by atoms with Crippen molar-refractivity contribution in [2.75, 3.05) is 5.32 Å². The Balaban J connectivity index is 2.02. The zero-order valence-corrected chi connectivity index (χ0v) is 17.3. The van der Waals surface area contributed by atoms with Crippen molar-refractivity contribution < 1.29 is 9.53 Å². The number of carbonyl (C=O) groups is 1. The number of amides is 1. The quantitative estimate of drug-likeness (QED) is 0.583. The molecule has 0 aliphatic rings. The number of carbonyl (C=O) groups excluding carboxylic acids is 1. The van der Waals surface area contributed by atoms with Crippen molar-refractivity contribution in [2.24, 2.45) is 0 Å². The normalized spacial score (nSPS) is 10.9. The molecule has 0 aliphatic carbocycles. The highest BCUT2D eigenvalue weighted by atomic mass is 35.5. The van der Waals surface area contributed by atoms with Gasteiger partial charge in [-0.2, -0.15) is 4.98 Å². The standard InChI is InChI=1S/C20H20Cl2N4O2/c1-4-18(27)23-14-6-8-15(9-7-14)26-19(24-20(25-26)28-12(2)3)13-5-10-16(21)17(22)11-13/h5-12H,4H2,1-3H3,(H,23,27). The van der Waals surface area contributed by atoms with Gasteiger partial charge in [-0.1, -0.05) is 30.1 Å². The van der Waals surface area contributed by atoms with Crippen LogP contribution in [0.1, 0.15) is 27.2 Å². The molecule has 0 bridgehead atoms. The molecule has 0 spiro atoms. The molecule has 6 nitrogen and oxygen atoms in total. The van der Waals surface area contributed by atoms with Crippen LogP contribution in [-0.2, 0) is 4.79 Å². The van der Waals surface area contributed by atoms with Crippen LogP contribution < -0.4 is 10.1 Å². The molecule has 0 fully saturated rings. The Labute approximate surface area is 173 Å². The summed E-state index contributed by atoms with van der Waals surface area (Å²) in [5.74, 6) is 0.525. The first-order valence-electron chi connectivity index (χ1n) is 8.86. The molecule has 1 aromatic heterocycles. The predicted octanol–water partition coefficient (Wildman–Crippen LogP) is 5.38. The van der Waals surface area contributed by atoms with E-state index in [4.69, 9.17) is 27.9 Å². The van der Waals surface area contributed by atoms with Gasteiger partial charge in [-0.25, -0.2) is 4.68 Å². The van der Waals surface area contributed by atoms with E-state index in [9.17, 15) is 4.79 Å². The molecule has 2 aromatic carbocycles. The third-order valence-electron chi connectivity index (χ3n) is 3.82. The Kier molecular flexibility index (Phi) is 6.21. The van der Waals surface area contributed by atoms with Gasteiger partial charge in [0.25, 0.3) is 0 Å². The molecule has 0 saturated heterocycles. The molecule has 1 amide bonds. The number of halogens is 2. The summed E-state index contributed by atoms with van der Waals surface area (Å²) in [6, 6.07) is 12.9. The Morgan fingerprint density at radius 2 is 1.86 bits per heavy atom. The van der Waals surface area contributed by atoms with E-state index in [-0.39, 0.29) is 18.0 Å². The maximum Gasteiger partial charge on any atom is 0.336 e. The molecule has 28 heavy (non-hydrogen) atoms. The number of anilines is 1. The lowest BCUT2D eigenvalue weighted by Gasteiger charge is -2.08. The monoisotopic (exact) mass is 418 g/mol. The summed E-state index contributed by atoms with van der Waals surface area (Å²) in [7, 11) is 0. The molecule has 0 unspecified atom stereocenters. The average molecular weight is 419 g/mol. The Hall–Kier alpha value is -2.57. The van der Waals surface area contributed by atoms with Crippen molar-refractivity contribution in [2.45, 2.75) is 33.3 Å². The highest BCUT2D eigenvalue weighted by Crippen LogP contribution is 2.30. The molecular weight excluding hydrogens is 399 g/mol. The van der Waals surface area contributed by atoms with Gasteiger partial charge in [0.2, 0.25) is 5.91 Å². The van der Waals surface area contributed by atoms with Crippen LogP contribution >= 0.6 is 23.2 Å². The van der Waals surface area contributed by atoms with Crippen LogP contribution in [0.2, 0.25) is 10.0 Å². The average Bonchev–Trinajstić information content (AvgIpc) is 3.07. The highest BCUT2D eigenvalue weighted by molar-refractivity contribution is 6.42. The van der Waals surface area contributed by atoms with Crippen LogP contribution in [0.5, 0.6) is 6.01 Å². The number of aromatic nitrogens is 3. The first-order valence-corrected chi connectivity index (χ1v) is 9.62. The van der Waals surface area contributed by atoms with E-state index in [0.717, 1.165) is 11.3 Å². The Morgan fingerprint density at radius 1 is 1.14 bits per heavy atom. The van der Waals surface area contributed by atoms with Crippen LogP contribution in [0.4, 0.5) is 5.69 Å². The molecule has 0 radical (unpaired) electrons. The molecule has 0 saturated carbocycles. The zero-order valence-electron chi connectivity index (χ0n) is 15.7. The SMILES string of the molecule is CCC(=O)Nc1ccc(-n2nc(OC(C)C)nc2-c2ccc(Cl)c(Cl)c2)cc1. The lowest BCUT2D eigenvalue weighted by atomic mass is 10.2. The van der Waals surface area contributed by atoms with Crippen molar-refractivity contribution in [3.63, 3.8) is 0 Å².